The van der Waals surface area contributed by atoms with E-state index in [-0.39, 0.29) is 22.8 Å². The molecule has 10 nitrogen and oxygen atoms in total. The zero-order chi connectivity index (χ0) is 22.3. The molecule has 1 aromatic carbocycles. The highest BCUT2D eigenvalue weighted by atomic mass is 32.2. The van der Waals surface area contributed by atoms with Crippen LogP contribution in [-0.4, -0.2) is 82.1 Å². The van der Waals surface area contributed by atoms with Crippen molar-refractivity contribution in [3.63, 3.8) is 0 Å². The monoisotopic (exact) mass is 458 g/mol. The Labute approximate surface area is 186 Å². The Kier molecular flexibility index (Phi) is 5.46. The summed E-state index contributed by atoms with van der Waals surface area (Å²) in [6.45, 7) is 3.36. The fraction of sp³-hybridized carbons (Fsp3) is 0.524. The first-order valence-corrected chi connectivity index (χ1v) is 12.4. The Morgan fingerprint density at radius 2 is 1.75 bits per heavy atom. The van der Waals surface area contributed by atoms with Crippen molar-refractivity contribution in [1.29, 1.82) is 0 Å². The van der Waals surface area contributed by atoms with Gasteiger partial charge < -0.3 is 9.80 Å². The third kappa shape index (κ3) is 3.90. The molecule has 4 heterocycles. The maximum atomic E-state index is 12.8. The number of carbonyl (C=O) groups excluding carboxylic acids is 2. The van der Waals surface area contributed by atoms with Gasteiger partial charge in [-0.25, -0.2) is 13.1 Å². The van der Waals surface area contributed by atoms with Crippen molar-refractivity contribution in [3.05, 3.63) is 41.7 Å². The molecule has 3 aliphatic heterocycles. The molecule has 170 valence electrons. The van der Waals surface area contributed by atoms with Crippen LogP contribution in [0.3, 0.4) is 0 Å². The van der Waals surface area contributed by atoms with Crippen molar-refractivity contribution in [2.45, 2.75) is 43.2 Å². The van der Waals surface area contributed by atoms with Crippen molar-refractivity contribution in [3.8, 4) is 0 Å². The third-order valence-corrected chi connectivity index (χ3v) is 8.32. The number of sulfonamides is 1. The number of likely N-dealkylation sites (tertiary alicyclic amines) is 2. The predicted molar refractivity (Wildman–Crippen MR) is 114 cm³/mol. The predicted octanol–water partition coefficient (Wildman–Crippen LogP) is 0.882. The molecular formula is C21H26N6O4S. The maximum absolute atomic E-state index is 12.8. The highest BCUT2D eigenvalue weighted by Gasteiger charge is 2.34. The molecule has 0 atom stereocenters. The van der Waals surface area contributed by atoms with E-state index >= 15 is 0 Å². The number of aromatic nitrogens is 3. The van der Waals surface area contributed by atoms with E-state index in [1.54, 1.807) is 26.6 Å². The van der Waals surface area contributed by atoms with Crippen LogP contribution in [-0.2, 0) is 21.4 Å². The second-order valence-corrected chi connectivity index (χ2v) is 10.5. The third-order valence-electron chi connectivity index (χ3n) is 6.41. The van der Waals surface area contributed by atoms with Gasteiger partial charge in [-0.2, -0.15) is 4.31 Å². The Balaban J connectivity index is 1.17. The van der Waals surface area contributed by atoms with E-state index in [1.165, 1.54) is 16.4 Å². The summed E-state index contributed by atoms with van der Waals surface area (Å²) in [6, 6.07) is 6.24. The zero-order valence-electron chi connectivity index (χ0n) is 17.8. The molecule has 0 unspecified atom stereocenters. The molecule has 0 radical (unpaired) electrons. The molecule has 3 fully saturated rings. The Hall–Kier alpha value is -2.79. The highest BCUT2D eigenvalue weighted by molar-refractivity contribution is 7.89. The molecule has 11 heteroatoms. The molecule has 2 aromatic rings. The van der Waals surface area contributed by atoms with Crippen LogP contribution in [0.15, 0.2) is 35.4 Å². The van der Waals surface area contributed by atoms with Crippen molar-refractivity contribution >= 4 is 21.8 Å². The standard InChI is InChI=1S/C21H26N6O4S/c28-20-4-3-9-24(20)12-17-13-27(23-22-17)18-14-25(15-18)21(29)16-5-7-19(8-6-16)32(30,31)26-10-1-2-11-26/h5-8,13,18H,1-4,9-12,14-15H2. The molecule has 1 aromatic heterocycles. The van der Waals surface area contributed by atoms with Gasteiger partial charge in [-0.15, -0.1) is 5.10 Å². The summed E-state index contributed by atoms with van der Waals surface area (Å²) in [7, 11) is -3.48. The summed E-state index contributed by atoms with van der Waals surface area (Å²) in [4.78, 5) is 28.3. The molecule has 0 bridgehead atoms. The summed E-state index contributed by atoms with van der Waals surface area (Å²) in [5.41, 5.74) is 1.22. The van der Waals surface area contributed by atoms with Crippen LogP contribution in [0.1, 0.15) is 47.8 Å². The number of amides is 2. The number of hydrogen-bond acceptors (Lipinski definition) is 6. The van der Waals surface area contributed by atoms with E-state index in [2.05, 4.69) is 10.3 Å². The van der Waals surface area contributed by atoms with Crippen LogP contribution in [0.25, 0.3) is 0 Å². The Morgan fingerprint density at radius 1 is 1.03 bits per heavy atom. The molecule has 0 saturated carbocycles. The largest absolute Gasteiger partial charge is 0.337 e. The van der Waals surface area contributed by atoms with Crippen molar-refractivity contribution in [2.75, 3.05) is 32.7 Å². The molecular weight excluding hydrogens is 432 g/mol. The first kappa shape index (κ1) is 21.1. The van der Waals surface area contributed by atoms with Crippen LogP contribution >= 0.6 is 0 Å². The van der Waals surface area contributed by atoms with Gasteiger partial charge in [-0.1, -0.05) is 5.21 Å². The van der Waals surface area contributed by atoms with Gasteiger partial charge >= 0.3 is 0 Å². The van der Waals surface area contributed by atoms with Crippen LogP contribution in [0.5, 0.6) is 0 Å². The molecule has 5 rings (SSSR count). The van der Waals surface area contributed by atoms with E-state index < -0.39 is 10.0 Å². The lowest BCUT2D eigenvalue weighted by atomic mass is 10.1. The number of rotatable bonds is 6. The summed E-state index contributed by atoms with van der Waals surface area (Å²) < 4.78 is 28.5. The van der Waals surface area contributed by atoms with E-state index in [1.807, 2.05) is 6.20 Å². The van der Waals surface area contributed by atoms with Gasteiger partial charge in [0, 0.05) is 44.7 Å². The molecule has 0 spiro atoms. The smallest absolute Gasteiger partial charge is 0.254 e. The first-order valence-electron chi connectivity index (χ1n) is 11.0. The van der Waals surface area contributed by atoms with E-state index in [9.17, 15) is 18.0 Å². The van der Waals surface area contributed by atoms with Crippen LogP contribution in [0, 0.1) is 0 Å². The minimum atomic E-state index is -3.48. The normalized spacial score (nSPS) is 20.2. The number of benzene rings is 1. The second-order valence-electron chi connectivity index (χ2n) is 8.61. The summed E-state index contributed by atoms with van der Waals surface area (Å²) >= 11 is 0. The van der Waals surface area contributed by atoms with E-state index in [0.29, 0.717) is 44.7 Å². The van der Waals surface area contributed by atoms with Gasteiger partial charge in [0.25, 0.3) is 5.91 Å². The van der Waals surface area contributed by atoms with Crippen LogP contribution < -0.4 is 0 Å². The molecule has 32 heavy (non-hydrogen) atoms. The van der Waals surface area contributed by atoms with Crippen molar-refractivity contribution < 1.29 is 18.0 Å². The second kappa shape index (κ2) is 8.28. The molecule has 0 aliphatic carbocycles. The van der Waals surface area contributed by atoms with Crippen LogP contribution in [0.4, 0.5) is 0 Å². The van der Waals surface area contributed by atoms with Gasteiger partial charge in [-0.3, -0.25) is 9.59 Å². The van der Waals surface area contributed by atoms with Crippen LogP contribution in [0.2, 0.25) is 0 Å². The summed E-state index contributed by atoms with van der Waals surface area (Å²) in [6.07, 6.45) is 5.10. The van der Waals surface area contributed by atoms with Crippen molar-refractivity contribution in [2.24, 2.45) is 0 Å². The highest BCUT2D eigenvalue weighted by Crippen LogP contribution is 2.25. The maximum Gasteiger partial charge on any atom is 0.254 e. The Morgan fingerprint density at radius 3 is 2.41 bits per heavy atom. The zero-order valence-corrected chi connectivity index (χ0v) is 18.6. The summed E-state index contributed by atoms with van der Waals surface area (Å²) in [5, 5.41) is 8.33. The van der Waals surface area contributed by atoms with Gasteiger partial charge in [-0.05, 0) is 43.5 Å². The average Bonchev–Trinajstić information content (AvgIpc) is 3.51. The SMILES string of the molecule is O=C1CCCN1Cc1cn(C2CN(C(=O)c3ccc(S(=O)(=O)N4CCCC4)cc3)C2)nn1. The lowest BCUT2D eigenvalue weighted by molar-refractivity contribution is -0.128. The minimum Gasteiger partial charge on any atom is -0.337 e. The number of nitrogens with zero attached hydrogens (tertiary/aromatic N) is 6. The van der Waals surface area contributed by atoms with Gasteiger partial charge in [0.1, 0.15) is 5.69 Å². The van der Waals surface area contributed by atoms with Gasteiger partial charge in [0.05, 0.1) is 23.7 Å². The lowest BCUT2D eigenvalue weighted by Gasteiger charge is -2.38. The Bertz CT molecular complexity index is 1120. The average molecular weight is 459 g/mol. The quantitative estimate of drug-likeness (QED) is 0.636. The summed E-state index contributed by atoms with van der Waals surface area (Å²) in [5.74, 6) is 0.0218. The van der Waals surface area contributed by atoms with Gasteiger partial charge in [0.15, 0.2) is 0 Å². The lowest BCUT2D eigenvalue weighted by Crippen LogP contribution is -2.50. The fourth-order valence-electron chi connectivity index (χ4n) is 4.45. The topological polar surface area (TPSA) is 109 Å². The molecule has 3 saturated heterocycles. The molecule has 3 aliphatic rings. The number of hydrogen-bond donors (Lipinski definition) is 0. The van der Waals surface area contributed by atoms with E-state index in [4.69, 9.17) is 0 Å². The van der Waals surface area contributed by atoms with E-state index in [0.717, 1.165) is 31.5 Å². The van der Waals surface area contributed by atoms with Gasteiger partial charge in [0.2, 0.25) is 15.9 Å². The first-order chi connectivity index (χ1) is 15.4. The fourth-order valence-corrected chi connectivity index (χ4v) is 5.97. The minimum absolute atomic E-state index is 0.0456. The van der Waals surface area contributed by atoms with Crippen molar-refractivity contribution in [1.82, 2.24) is 29.1 Å². The molecule has 0 N–H and O–H groups in total. The number of carbonyl (C=O) groups is 2. The molecule has 2 amide bonds.